The van der Waals surface area contributed by atoms with Crippen LogP contribution in [0.15, 0.2) is 0 Å². The van der Waals surface area contributed by atoms with Crippen molar-refractivity contribution >= 4 is 0 Å². The number of methoxy groups -OCH3 is 3. The molecule has 0 aromatic heterocycles. The second-order valence-electron chi connectivity index (χ2n) is 11.9. The van der Waals surface area contributed by atoms with E-state index >= 15 is 0 Å². The summed E-state index contributed by atoms with van der Waals surface area (Å²) in [6.07, 6.45) is -0.268. The number of aliphatic hydroxyl groups excluding tert-OH is 1. The Morgan fingerprint density at radius 2 is 1.69 bits per heavy atom. The number of likely N-dealkylation sites (tertiary alicyclic amines) is 1. The maximum atomic E-state index is 12.8. The summed E-state index contributed by atoms with van der Waals surface area (Å²) in [4.78, 5) is 2.26. The molecule has 6 rings (SSSR count). The third kappa shape index (κ3) is 1.86. The Morgan fingerprint density at radius 3 is 2.28 bits per heavy atom. The van der Waals surface area contributed by atoms with Gasteiger partial charge in [0.2, 0.25) is 0 Å². The first-order valence-electron chi connectivity index (χ1n) is 12.2. The first kappa shape index (κ1) is 22.2. The summed E-state index contributed by atoms with van der Waals surface area (Å²) >= 11 is 0. The summed E-state index contributed by atoms with van der Waals surface area (Å²) in [7, 11) is 4.87. The van der Waals surface area contributed by atoms with E-state index in [0.717, 1.165) is 19.4 Å². The molecule has 1 saturated heterocycles. The van der Waals surface area contributed by atoms with Gasteiger partial charge in [0.1, 0.15) is 11.2 Å². The van der Waals surface area contributed by atoms with Crippen LogP contribution in [0.2, 0.25) is 0 Å². The minimum atomic E-state index is -1.75. The molecule has 1 aliphatic heterocycles. The average molecular weight is 454 g/mol. The van der Waals surface area contributed by atoms with Gasteiger partial charge in [-0.2, -0.15) is 0 Å². The summed E-state index contributed by atoms with van der Waals surface area (Å²) in [6.45, 7) is 5.77. The lowest BCUT2D eigenvalue weighted by Gasteiger charge is -2.72. The van der Waals surface area contributed by atoms with Gasteiger partial charge < -0.3 is 34.6 Å². The molecule has 6 fully saturated rings. The van der Waals surface area contributed by atoms with Crippen molar-refractivity contribution in [2.45, 2.75) is 86.8 Å². The molecular formula is C24H39NO7. The molecule has 8 nitrogen and oxygen atoms in total. The molecule has 0 aromatic carbocycles. The lowest BCUT2D eigenvalue weighted by atomic mass is 9.41. The van der Waals surface area contributed by atoms with Crippen molar-refractivity contribution in [2.75, 3.05) is 34.4 Å². The molecule has 5 saturated carbocycles. The fourth-order valence-electron chi connectivity index (χ4n) is 10.7. The molecule has 0 amide bonds. The van der Waals surface area contributed by atoms with E-state index in [0.29, 0.717) is 13.0 Å². The van der Waals surface area contributed by atoms with Crippen LogP contribution in [0.4, 0.5) is 0 Å². The van der Waals surface area contributed by atoms with Gasteiger partial charge in [0.15, 0.2) is 0 Å². The maximum Gasteiger partial charge on any atom is 0.136 e. The maximum absolute atomic E-state index is 12.8. The van der Waals surface area contributed by atoms with Crippen molar-refractivity contribution < 1.29 is 34.6 Å². The Hall–Kier alpha value is -0.320. The molecule has 0 radical (unpaired) electrons. The minimum Gasteiger partial charge on any atom is -0.392 e. The van der Waals surface area contributed by atoms with Crippen LogP contribution in [-0.2, 0) is 14.2 Å². The molecular weight excluding hydrogens is 414 g/mol. The summed E-state index contributed by atoms with van der Waals surface area (Å²) in [5, 5.41) is 49.6. The van der Waals surface area contributed by atoms with Gasteiger partial charge in [0, 0.05) is 52.0 Å². The van der Waals surface area contributed by atoms with Crippen LogP contribution in [-0.4, -0.2) is 107 Å². The third-order valence-corrected chi connectivity index (χ3v) is 11.3. The zero-order chi connectivity index (χ0) is 23.1. The number of ether oxygens (including phenoxy) is 3. The van der Waals surface area contributed by atoms with E-state index in [-0.39, 0.29) is 29.8 Å². The summed E-state index contributed by atoms with van der Waals surface area (Å²) in [5.41, 5.74) is -5.93. The van der Waals surface area contributed by atoms with Gasteiger partial charge in [0.05, 0.1) is 41.5 Å². The second-order valence-corrected chi connectivity index (χ2v) is 11.9. The Bertz CT molecular complexity index is 828. The highest BCUT2D eigenvalue weighted by atomic mass is 16.5. The molecule has 8 heteroatoms. The van der Waals surface area contributed by atoms with E-state index in [2.05, 4.69) is 18.7 Å². The van der Waals surface area contributed by atoms with Gasteiger partial charge in [-0.15, -0.1) is 0 Å². The number of hydrogen-bond acceptors (Lipinski definition) is 8. The normalized spacial score (nSPS) is 64.8. The van der Waals surface area contributed by atoms with Crippen molar-refractivity contribution in [1.82, 2.24) is 4.90 Å². The SMILES string of the molecule is CCN1C[C@]2(C)CC[C@H](OC)[C@@]34[C@@H]2[C@H](OC)[C@@](O)([C@@H]13)[C@@]1(O)C[C@H](OC)[C@H]2C[C@]4(O)[C@@H]1[C@H]2O. The first-order valence-corrected chi connectivity index (χ1v) is 12.2. The van der Waals surface area contributed by atoms with Crippen LogP contribution in [0.5, 0.6) is 0 Å². The van der Waals surface area contributed by atoms with Crippen molar-refractivity contribution in [3.8, 4) is 0 Å². The molecule has 7 bridgehead atoms. The van der Waals surface area contributed by atoms with Crippen molar-refractivity contribution in [3.05, 3.63) is 0 Å². The quantitative estimate of drug-likeness (QED) is 0.462. The summed E-state index contributed by atoms with van der Waals surface area (Å²) in [5.74, 6) is -1.38. The molecule has 1 spiro atoms. The standard InChI is InChI=1S/C24H39NO7/c1-6-25-11-20(2)8-7-14(31-4)23-17(20)18(32-5)24(29,19(23)25)22(28)10-13(30-3)12-9-21(23,27)16(22)15(12)26/h12-19,26-29H,6-11H2,1-5H3/t12-,13+,14+,15+,16+,17-,18+,19+,20+,21+,22-,23-,24-/m1/s1. The molecule has 1 heterocycles. The highest BCUT2D eigenvalue weighted by Gasteiger charge is 2.95. The molecule has 13 atom stereocenters. The van der Waals surface area contributed by atoms with E-state index < -0.39 is 52.5 Å². The summed E-state index contributed by atoms with van der Waals surface area (Å²) in [6, 6.07) is -0.541. The van der Waals surface area contributed by atoms with Crippen LogP contribution in [0, 0.1) is 28.6 Å². The number of fused-ring (bicyclic) bond motifs is 2. The Labute approximate surface area is 189 Å². The Balaban J connectivity index is 1.73. The number of aliphatic hydroxyl groups is 4. The molecule has 0 unspecified atom stereocenters. The zero-order valence-electron chi connectivity index (χ0n) is 19.8. The van der Waals surface area contributed by atoms with E-state index in [4.69, 9.17) is 14.2 Å². The topological polar surface area (TPSA) is 112 Å². The number of rotatable bonds is 4. The van der Waals surface area contributed by atoms with Gasteiger partial charge in [-0.1, -0.05) is 13.8 Å². The number of likely N-dealkylation sites (N-methyl/N-ethyl adjacent to an activating group) is 1. The minimum absolute atomic E-state index is 0.166. The number of piperidine rings is 1. The summed E-state index contributed by atoms with van der Waals surface area (Å²) < 4.78 is 18.0. The van der Waals surface area contributed by atoms with Gasteiger partial charge in [-0.05, 0) is 31.2 Å². The van der Waals surface area contributed by atoms with Crippen molar-refractivity contribution in [1.29, 1.82) is 0 Å². The largest absolute Gasteiger partial charge is 0.392 e. The van der Waals surface area contributed by atoms with E-state index in [1.807, 2.05) is 0 Å². The van der Waals surface area contributed by atoms with Gasteiger partial charge in [-0.25, -0.2) is 0 Å². The Kier molecular flexibility index (Phi) is 4.34. The molecule has 5 aliphatic carbocycles. The van der Waals surface area contributed by atoms with Crippen LogP contribution in [0.25, 0.3) is 0 Å². The number of hydrogen-bond donors (Lipinski definition) is 4. The Morgan fingerprint density at radius 1 is 0.969 bits per heavy atom. The smallest absolute Gasteiger partial charge is 0.136 e. The van der Waals surface area contributed by atoms with Gasteiger partial charge in [-0.3, -0.25) is 4.90 Å². The molecule has 6 aliphatic rings. The average Bonchev–Trinajstić information content (AvgIpc) is 3.09. The number of nitrogens with zero attached hydrogens (tertiary/aromatic N) is 1. The van der Waals surface area contributed by atoms with Gasteiger partial charge >= 0.3 is 0 Å². The van der Waals surface area contributed by atoms with Crippen molar-refractivity contribution in [3.63, 3.8) is 0 Å². The zero-order valence-corrected chi connectivity index (χ0v) is 19.8. The predicted molar refractivity (Wildman–Crippen MR) is 114 cm³/mol. The molecule has 4 N–H and O–H groups in total. The highest BCUT2D eigenvalue weighted by Crippen LogP contribution is 2.81. The van der Waals surface area contributed by atoms with E-state index in [9.17, 15) is 20.4 Å². The fraction of sp³-hybridized carbons (Fsp3) is 1.00. The molecule has 32 heavy (non-hydrogen) atoms. The fourth-order valence-corrected chi connectivity index (χ4v) is 10.7. The first-order chi connectivity index (χ1) is 15.1. The van der Waals surface area contributed by atoms with Crippen LogP contribution in [0.3, 0.4) is 0 Å². The van der Waals surface area contributed by atoms with Gasteiger partial charge in [0.25, 0.3) is 0 Å². The lowest BCUT2D eigenvalue weighted by molar-refractivity contribution is -0.355. The van der Waals surface area contributed by atoms with Crippen LogP contribution < -0.4 is 0 Å². The van der Waals surface area contributed by atoms with Crippen molar-refractivity contribution in [2.24, 2.45) is 28.6 Å². The lowest BCUT2D eigenvalue weighted by Crippen LogP contribution is -2.86. The van der Waals surface area contributed by atoms with Crippen LogP contribution >= 0.6 is 0 Å². The molecule has 0 aromatic rings. The monoisotopic (exact) mass is 453 g/mol. The van der Waals surface area contributed by atoms with Crippen LogP contribution in [0.1, 0.15) is 39.5 Å². The highest BCUT2D eigenvalue weighted by molar-refractivity contribution is 5.45. The van der Waals surface area contributed by atoms with E-state index in [1.54, 1.807) is 21.3 Å². The van der Waals surface area contributed by atoms with E-state index in [1.165, 1.54) is 0 Å². The predicted octanol–water partition coefficient (Wildman–Crippen LogP) is -0.241. The second kappa shape index (κ2) is 6.26. The third-order valence-electron chi connectivity index (χ3n) is 11.3. The molecule has 182 valence electrons.